The van der Waals surface area contributed by atoms with Crippen molar-refractivity contribution in [2.75, 3.05) is 26.2 Å². The number of nitrogens with one attached hydrogen (secondary N) is 1. The number of carbonyl (C=O) groups excluding carboxylic acids is 2. The van der Waals surface area contributed by atoms with Crippen LogP contribution in [0.1, 0.15) is 64.9 Å². The summed E-state index contributed by atoms with van der Waals surface area (Å²) in [6.45, 7) is 4.33. The fourth-order valence-corrected chi connectivity index (χ4v) is 5.10. The highest BCUT2D eigenvalue weighted by Crippen LogP contribution is 2.36. The maximum atomic E-state index is 13.3. The van der Waals surface area contributed by atoms with Crippen LogP contribution in [0.3, 0.4) is 0 Å². The van der Waals surface area contributed by atoms with E-state index in [-0.39, 0.29) is 17.2 Å². The molecule has 0 bridgehead atoms. The number of ether oxygens (including phenoxy) is 1. The van der Waals surface area contributed by atoms with Gasteiger partial charge in [-0.05, 0) is 50.8 Å². The van der Waals surface area contributed by atoms with Crippen LogP contribution in [-0.4, -0.2) is 52.7 Å². The summed E-state index contributed by atoms with van der Waals surface area (Å²) in [5, 5.41) is 7.96. The summed E-state index contributed by atoms with van der Waals surface area (Å²) >= 11 is 6.15. The van der Waals surface area contributed by atoms with Gasteiger partial charge >= 0.3 is 0 Å². The summed E-state index contributed by atoms with van der Waals surface area (Å²) in [5.41, 5.74) is 1.72. The van der Waals surface area contributed by atoms with Gasteiger partial charge in [0, 0.05) is 43.3 Å². The van der Waals surface area contributed by atoms with Gasteiger partial charge in [-0.25, -0.2) is 0 Å². The van der Waals surface area contributed by atoms with Gasteiger partial charge in [0.05, 0.1) is 23.4 Å². The zero-order chi connectivity index (χ0) is 22.7. The van der Waals surface area contributed by atoms with Gasteiger partial charge < -0.3 is 15.0 Å². The molecule has 2 amide bonds. The van der Waals surface area contributed by atoms with Crippen molar-refractivity contribution in [3.63, 3.8) is 0 Å². The van der Waals surface area contributed by atoms with Crippen LogP contribution in [-0.2, 0) is 7.05 Å². The summed E-state index contributed by atoms with van der Waals surface area (Å²) in [6.07, 6.45) is 7.69. The van der Waals surface area contributed by atoms with Gasteiger partial charge in [-0.1, -0.05) is 24.4 Å². The first-order valence-corrected chi connectivity index (χ1v) is 11.7. The van der Waals surface area contributed by atoms with Crippen LogP contribution >= 0.6 is 11.6 Å². The SMILES string of the molecule is Cc1nn(C)cc1C(=O)N1CCCC2(CCCCCOc3ccc(Cl)cc3C(=O)NC2)C1. The number of amides is 2. The molecule has 1 saturated heterocycles. The molecule has 3 heterocycles. The molecule has 1 fully saturated rings. The monoisotopic (exact) mass is 458 g/mol. The predicted molar refractivity (Wildman–Crippen MR) is 123 cm³/mol. The third-order valence-corrected chi connectivity index (χ3v) is 6.85. The number of hydrogen-bond donors (Lipinski definition) is 1. The van der Waals surface area contributed by atoms with Gasteiger partial charge in [0.1, 0.15) is 5.75 Å². The standard InChI is InChI=1S/C24H31ClN4O3/c1-17-20(14-28(2)27-17)23(31)29-11-6-10-24(16-29)9-4-3-5-12-32-21-8-7-18(25)13-19(21)22(30)26-15-24/h7-8,13-14H,3-6,9-12,15-16H2,1-2H3,(H,26,30). The average molecular weight is 459 g/mol. The Balaban J connectivity index is 1.55. The van der Waals surface area contributed by atoms with E-state index in [1.54, 1.807) is 29.1 Å². The highest BCUT2D eigenvalue weighted by molar-refractivity contribution is 6.31. The fourth-order valence-electron chi connectivity index (χ4n) is 4.93. The number of fused-ring (bicyclic) bond motifs is 1. The number of aryl methyl sites for hydroxylation is 2. The molecule has 1 aromatic carbocycles. The molecule has 7 nitrogen and oxygen atoms in total. The third kappa shape index (κ3) is 4.93. The van der Waals surface area contributed by atoms with Gasteiger partial charge in [-0.15, -0.1) is 0 Å². The van der Waals surface area contributed by atoms with E-state index in [1.807, 2.05) is 18.9 Å². The highest BCUT2D eigenvalue weighted by atomic mass is 35.5. The topological polar surface area (TPSA) is 76.5 Å². The summed E-state index contributed by atoms with van der Waals surface area (Å²) < 4.78 is 7.54. The van der Waals surface area contributed by atoms with E-state index in [4.69, 9.17) is 16.3 Å². The minimum atomic E-state index is -0.186. The largest absolute Gasteiger partial charge is 0.493 e. The van der Waals surface area contributed by atoms with Crippen molar-refractivity contribution < 1.29 is 14.3 Å². The number of piperidine rings is 1. The summed E-state index contributed by atoms with van der Waals surface area (Å²) in [5.74, 6) is 0.403. The molecule has 8 heteroatoms. The number of rotatable bonds is 1. The van der Waals surface area contributed by atoms with E-state index in [2.05, 4.69) is 10.4 Å². The number of nitrogens with zero attached hydrogens (tertiary/aromatic N) is 3. The summed E-state index contributed by atoms with van der Waals surface area (Å²) in [7, 11) is 1.83. The molecule has 0 radical (unpaired) electrons. The number of carbonyl (C=O) groups is 2. The Hall–Kier alpha value is -2.54. The van der Waals surface area contributed by atoms with Crippen LogP contribution in [0.2, 0.25) is 5.02 Å². The summed E-state index contributed by atoms with van der Waals surface area (Å²) in [4.78, 5) is 28.2. The van der Waals surface area contributed by atoms with Crippen LogP contribution in [0, 0.1) is 12.3 Å². The first-order chi connectivity index (χ1) is 15.4. The van der Waals surface area contributed by atoms with Crippen molar-refractivity contribution in [2.24, 2.45) is 12.5 Å². The first kappa shape index (κ1) is 22.6. The lowest BCUT2D eigenvalue weighted by atomic mass is 9.75. The second kappa shape index (κ2) is 9.53. The Morgan fingerprint density at radius 1 is 1.22 bits per heavy atom. The molecule has 0 aliphatic carbocycles. The molecule has 1 unspecified atom stereocenters. The number of aromatic nitrogens is 2. The van der Waals surface area contributed by atoms with Crippen molar-refractivity contribution in [3.8, 4) is 5.75 Å². The van der Waals surface area contributed by atoms with Crippen LogP contribution < -0.4 is 10.1 Å². The molecule has 4 rings (SSSR count). The normalized spacial score (nSPS) is 22.3. The average Bonchev–Trinajstić information content (AvgIpc) is 3.12. The molecular weight excluding hydrogens is 428 g/mol. The first-order valence-electron chi connectivity index (χ1n) is 11.4. The molecule has 1 spiro atoms. The minimum Gasteiger partial charge on any atom is -0.493 e. The number of likely N-dealkylation sites (tertiary alicyclic amines) is 1. The van der Waals surface area contributed by atoms with Gasteiger partial charge in [-0.3, -0.25) is 14.3 Å². The van der Waals surface area contributed by atoms with Crippen LogP contribution in [0.15, 0.2) is 24.4 Å². The predicted octanol–water partition coefficient (Wildman–Crippen LogP) is 3.99. The van der Waals surface area contributed by atoms with E-state index in [1.165, 1.54) is 0 Å². The summed E-state index contributed by atoms with van der Waals surface area (Å²) in [6, 6.07) is 5.16. The molecule has 172 valence electrons. The lowest BCUT2D eigenvalue weighted by Crippen LogP contribution is -2.51. The van der Waals surface area contributed by atoms with E-state index in [9.17, 15) is 9.59 Å². The number of benzene rings is 1. The van der Waals surface area contributed by atoms with Gasteiger partial charge in [0.2, 0.25) is 0 Å². The maximum absolute atomic E-state index is 13.3. The molecule has 2 aliphatic rings. The van der Waals surface area contributed by atoms with Gasteiger partial charge in [0.25, 0.3) is 11.8 Å². The second-order valence-electron chi connectivity index (χ2n) is 9.11. The minimum absolute atomic E-state index is 0.0256. The van der Waals surface area contributed by atoms with Crippen molar-refractivity contribution in [1.82, 2.24) is 20.0 Å². The quantitative estimate of drug-likeness (QED) is 0.701. The van der Waals surface area contributed by atoms with E-state index >= 15 is 0 Å². The number of hydrogen-bond acceptors (Lipinski definition) is 4. The molecular formula is C24H31ClN4O3. The molecule has 1 atom stereocenters. The van der Waals surface area contributed by atoms with Crippen LogP contribution in [0.5, 0.6) is 5.75 Å². The van der Waals surface area contributed by atoms with E-state index in [0.29, 0.717) is 41.6 Å². The van der Waals surface area contributed by atoms with Crippen LogP contribution in [0.4, 0.5) is 0 Å². The molecule has 2 aromatic rings. The zero-order valence-electron chi connectivity index (χ0n) is 18.8. The van der Waals surface area contributed by atoms with E-state index in [0.717, 1.165) is 50.8 Å². The Labute approximate surface area is 194 Å². The zero-order valence-corrected chi connectivity index (χ0v) is 19.6. The van der Waals surface area contributed by atoms with E-state index < -0.39 is 0 Å². The molecule has 1 N–H and O–H groups in total. The van der Waals surface area contributed by atoms with Gasteiger partial charge in [-0.2, -0.15) is 5.10 Å². The Bertz CT molecular complexity index is 1010. The lowest BCUT2D eigenvalue weighted by Gasteiger charge is -2.43. The molecule has 2 aliphatic heterocycles. The smallest absolute Gasteiger partial charge is 0.257 e. The Morgan fingerprint density at radius 2 is 2.03 bits per heavy atom. The van der Waals surface area contributed by atoms with Crippen LogP contribution in [0.25, 0.3) is 0 Å². The third-order valence-electron chi connectivity index (χ3n) is 6.61. The highest BCUT2D eigenvalue weighted by Gasteiger charge is 2.38. The van der Waals surface area contributed by atoms with Gasteiger partial charge in [0.15, 0.2) is 0 Å². The maximum Gasteiger partial charge on any atom is 0.257 e. The van der Waals surface area contributed by atoms with Crippen molar-refractivity contribution in [3.05, 3.63) is 46.2 Å². The number of halogens is 1. The lowest BCUT2D eigenvalue weighted by molar-refractivity contribution is 0.0468. The Kier molecular flexibility index (Phi) is 6.74. The fraction of sp³-hybridized carbons (Fsp3) is 0.542. The second-order valence-corrected chi connectivity index (χ2v) is 9.55. The molecule has 32 heavy (non-hydrogen) atoms. The molecule has 1 aromatic heterocycles. The van der Waals surface area contributed by atoms with Crippen molar-refractivity contribution in [1.29, 1.82) is 0 Å². The molecule has 0 saturated carbocycles. The van der Waals surface area contributed by atoms with Crippen molar-refractivity contribution in [2.45, 2.75) is 45.4 Å². The van der Waals surface area contributed by atoms with Crippen molar-refractivity contribution >= 4 is 23.4 Å². The Morgan fingerprint density at radius 3 is 2.81 bits per heavy atom.